The summed E-state index contributed by atoms with van der Waals surface area (Å²) in [4.78, 5) is 4.77. The van der Waals surface area contributed by atoms with Crippen LogP contribution in [0, 0.1) is 13.8 Å². The van der Waals surface area contributed by atoms with Crippen LogP contribution in [0.2, 0.25) is 0 Å². The van der Waals surface area contributed by atoms with E-state index in [1.807, 2.05) is 0 Å². The predicted molar refractivity (Wildman–Crippen MR) is 295 cm³/mol. The van der Waals surface area contributed by atoms with Crippen molar-refractivity contribution in [1.29, 1.82) is 0 Å². The van der Waals surface area contributed by atoms with Gasteiger partial charge < -0.3 is 9.80 Å². The lowest BCUT2D eigenvalue weighted by atomic mass is 9.90. The van der Waals surface area contributed by atoms with Crippen LogP contribution < -0.4 is 9.80 Å². The maximum Gasteiger partial charge on any atom is 0.0462 e. The van der Waals surface area contributed by atoms with Gasteiger partial charge in [0, 0.05) is 34.1 Å². The first kappa shape index (κ1) is 46.2. The van der Waals surface area contributed by atoms with Crippen molar-refractivity contribution in [1.82, 2.24) is 0 Å². The van der Waals surface area contributed by atoms with E-state index < -0.39 is 0 Å². The standard InChI is InChI=1S/C66H68N2/c1-5-7-9-11-13-51-23-39-61(40-24-51)67(59-35-15-49(3)16-36-59)63-43-31-57(32-44-63)65-47-53-19-27-55(65)29-21-54-20-28-56(30-22-53)66(48-54)58-33-45-64(46-34-58)68(60-37-17-50(4)18-38-60)62-41-25-52(26-42-62)14-12-10-8-6-2/h15-21,23-29,31-48H,5-14,22,30H2,1-4H3/b29-21-. The second-order valence-electron chi connectivity index (χ2n) is 19.1. The van der Waals surface area contributed by atoms with E-state index >= 15 is 0 Å². The number of rotatable bonds is 18. The normalized spacial score (nSPS) is 12.4. The van der Waals surface area contributed by atoms with Crippen LogP contribution in [0.25, 0.3) is 34.4 Å². The van der Waals surface area contributed by atoms with Crippen LogP contribution in [0.1, 0.15) is 110 Å². The summed E-state index contributed by atoms with van der Waals surface area (Å²) in [5.74, 6) is 0. The second-order valence-corrected chi connectivity index (χ2v) is 19.1. The van der Waals surface area contributed by atoms with Gasteiger partial charge in [-0.2, -0.15) is 0 Å². The third-order valence-corrected chi connectivity index (χ3v) is 13.9. The zero-order chi connectivity index (χ0) is 46.7. The van der Waals surface area contributed by atoms with Crippen LogP contribution in [0.5, 0.6) is 0 Å². The molecule has 0 fully saturated rings. The Kier molecular flexibility index (Phi) is 15.1. The van der Waals surface area contributed by atoms with Crippen LogP contribution in [-0.4, -0.2) is 0 Å². The molecule has 4 bridgehead atoms. The van der Waals surface area contributed by atoms with Gasteiger partial charge in [0.25, 0.3) is 0 Å². The number of benzene rings is 8. The molecule has 342 valence electrons. The minimum atomic E-state index is 0.960. The zero-order valence-corrected chi connectivity index (χ0v) is 40.9. The van der Waals surface area contributed by atoms with Gasteiger partial charge in [0.1, 0.15) is 0 Å². The van der Waals surface area contributed by atoms with E-state index in [0.29, 0.717) is 0 Å². The summed E-state index contributed by atoms with van der Waals surface area (Å²) in [5.41, 5.74) is 22.6. The van der Waals surface area contributed by atoms with Gasteiger partial charge in [-0.05, 0) is 187 Å². The number of hydrogen-bond donors (Lipinski definition) is 0. The fourth-order valence-corrected chi connectivity index (χ4v) is 9.80. The van der Waals surface area contributed by atoms with Crippen LogP contribution in [0.15, 0.2) is 182 Å². The summed E-state index contributed by atoms with van der Waals surface area (Å²) >= 11 is 0. The van der Waals surface area contributed by atoms with Gasteiger partial charge >= 0.3 is 0 Å². The minimum absolute atomic E-state index is 0.960. The first-order chi connectivity index (χ1) is 33.4. The van der Waals surface area contributed by atoms with Gasteiger partial charge in [0.05, 0.1) is 0 Å². The third-order valence-electron chi connectivity index (χ3n) is 13.9. The molecular weight excluding hydrogens is 821 g/mol. The van der Waals surface area contributed by atoms with E-state index in [4.69, 9.17) is 0 Å². The molecule has 2 nitrogen and oxygen atoms in total. The van der Waals surface area contributed by atoms with Gasteiger partial charge in [-0.1, -0.05) is 179 Å². The molecule has 0 saturated carbocycles. The summed E-state index contributed by atoms with van der Waals surface area (Å²) < 4.78 is 0. The highest BCUT2D eigenvalue weighted by molar-refractivity contribution is 5.85. The van der Waals surface area contributed by atoms with E-state index in [0.717, 1.165) is 37.1 Å². The van der Waals surface area contributed by atoms with Gasteiger partial charge in [0.15, 0.2) is 0 Å². The molecule has 12 rings (SSSR count). The Labute approximate surface area is 407 Å². The van der Waals surface area contributed by atoms with E-state index in [2.05, 4.69) is 232 Å². The second kappa shape index (κ2) is 22.3. The maximum atomic E-state index is 2.42. The number of unbranched alkanes of at least 4 members (excludes halogenated alkanes) is 6. The lowest BCUT2D eigenvalue weighted by molar-refractivity contribution is 0.667. The first-order valence-electron chi connectivity index (χ1n) is 25.5. The summed E-state index contributed by atoms with van der Waals surface area (Å²) in [7, 11) is 0. The fraction of sp³-hybridized carbons (Fsp3) is 0.242. The molecule has 4 aliphatic carbocycles. The van der Waals surface area contributed by atoms with Crippen molar-refractivity contribution in [2.24, 2.45) is 0 Å². The highest BCUT2D eigenvalue weighted by Gasteiger charge is 2.17. The topological polar surface area (TPSA) is 6.48 Å². The molecule has 0 atom stereocenters. The highest BCUT2D eigenvalue weighted by atomic mass is 15.1. The lowest BCUT2D eigenvalue weighted by Gasteiger charge is -2.26. The first-order valence-corrected chi connectivity index (χ1v) is 25.5. The Bertz CT molecular complexity index is 2890. The quantitative estimate of drug-likeness (QED) is 0.0792. The molecule has 0 spiro atoms. The molecule has 68 heavy (non-hydrogen) atoms. The molecule has 0 radical (unpaired) electrons. The van der Waals surface area contributed by atoms with Crippen LogP contribution in [-0.2, 0) is 25.7 Å². The molecule has 0 N–H and O–H groups in total. The number of aryl methyl sites for hydroxylation is 6. The Balaban J connectivity index is 0.969. The van der Waals surface area contributed by atoms with Crippen LogP contribution in [0.4, 0.5) is 34.1 Å². The molecular formula is C66H68N2. The Morgan fingerprint density at radius 2 is 0.809 bits per heavy atom. The fourth-order valence-electron chi connectivity index (χ4n) is 9.80. The van der Waals surface area contributed by atoms with E-state index in [9.17, 15) is 0 Å². The summed E-state index contributed by atoms with van der Waals surface area (Å²) in [6, 6.07) is 68.8. The monoisotopic (exact) mass is 889 g/mol. The lowest BCUT2D eigenvalue weighted by Crippen LogP contribution is -2.10. The summed E-state index contributed by atoms with van der Waals surface area (Å²) in [5, 5.41) is 0. The number of anilines is 6. The molecule has 0 aromatic heterocycles. The molecule has 0 unspecified atom stereocenters. The number of nitrogens with zero attached hydrogens (tertiary/aromatic N) is 2. The molecule has 0 heterocycles. The Morgan fingerprint density at radius 3 is 1.28 bits per heavy atom. The summed E-state index contributed by atoms with van der Waals surface area (Å²) in [6.45, 7) is 8.86. The minimum Gasteiger partial charge on any atom is -0.311 e. The zero-order valence-electron chi connectivity index (χ0n) is 40.9. The summed E-state index contributed by atoms with van der Waals surface area (Å²) in [6.07, 6.45) is 19.1. The van der Waals surface area contributed by atoms with Crippen molar-refractivity contribution in [3.8, 4) is 22.3 Å². The van der Waals surface area contributed by atoms with Gasteiger partial charge in [0.2, 0.25) is 0 Å². The predicted octanol–water partition coefficient (Wildman–Crippen LogP) is 19.1. The highest BCUT2D eigenvalue weighted by Crippen LogP contribution is 2.40. The van der Waals surface area contributed by atoms with Crippen molar-refractivity contribution in [3.63, 3.8) is 0 Å². The van der Waals surface area contributed by atoms with E-state index in [1.165, 1.54) is 141 Å². The van der Waals surface area contributed by atoms with Crippen LogP contribution >= 0.6 is 0 Å². The Hall–Kier alpha value is -6.90. The molecule has 4 aliphatic rings. The van der Waals surface area contributed by atoms with Crippen molar-refractivity contribution >= 4 is 46.3 Å². The molecule has 0 aliphatic heterocycles. The molecule has 0 saturated heterocycles. The van der Waals surface area contributed by atoms with Crippen molar-refractivity contribution in [2.75, 3.05) is 9.80 Å². The van der Waals surface area contributed by atoms with Crippen molar-refractivity contribution < 1.29 is 0 Å². The van der Waals surface area contributed by atoms with E-state index in [-0.39, 0.29) is 0 Å². The van der Waals surface area contributed by atoms with Crippen molar-refractivity contribution in [2.45, 2.75) is 105 Å². The van der Waals surface area contributed by atoms with E-state index in [1.54, 1.807) is 0 Å². The smallest absolute Gasteiger partial charge is 0.0462 e. The molecule has 2 heteroatoms. The SMILES string of the molecule is CCCCCCc1ccc(N(c2ccc(C)cc2)c2ccc(-c3cc4ccc3/C=C\c3ccc(c(-c5ccc(N(c6ccc(C)cc6)c6ccc(CCCCCC)cc6)cc5)c3)CC4)cc2)cc1. The Morgan fingerprint density at radius 1 is 0.368 bits per heavy atom. The molecule has 8 aromatic rings. The molecule has 8 aromatic carbocycles. The molecule has 0 amide bonds. The van der Waals surface area contributed by atoms with Crippen LogP contribution in [0.3, 0.4) is 0 Å². The number of hydrogen-bond acceptors (Lipinski definition) is 2. The average Bonchev–Trinajstić information content (AvgIpc) is 3.37. The largest absolute Gasteiger partial charge is 0.311 e. The van der Waals surface area contributed by atoms with Gasteiger partial charge in [-0.25, -0.2) is 0 Å². The third kappa shape index (κ3) is 11.3. The van der Waals surface area contributed by atoms with Gasteiger partial charge in [-0.15, -0.1) is 0 Å². The maximum absolute atomic E-state index is 2.42. The van der Waals surface area contributed by atoms with Crippen molar-refractivity contribution in [3.05, 3.63) is 226 Å². The average molecular weight is 889 g/mol. The van der Waals surface area contributed by atoms with Gasteiger partial charge in [-0.3, -0.25) is 0 Å².